The minimum absolute atomic E-state index is 0. The Labute approximate surface area is 151 Å². The van der Waals surface area contributed by atoms with E-state index in [4.69, 9.17) is 17.5 Å². The second-order valence-electron chi connectivity index (χ2n) is 0.448. The standard InChI is InChI=1S/Cr.K.H2O4S.10H2O.H/c;;1-5(2,3)4;;;;;;;;;;;/h;;(H2,1,2,3,4);10*1H2;/q;+1;;;;;;;;;;;;-1. The molecule has 0 aliphatic carbocycles. The van der Waals surface area contributed by atoms with E-state index in [9.17, 15) is 0 Å². The van der Waals surface area contributed by atoms with Crippen molar-refractivity contribution >= 4 is 10.4 Å². The third-order valence-corrected chi connectivity index (χ3v) is 0. The van der Waals surface area contributed by atoms with Gasteiger partial charge in [0.05, 0.1) is 0 Å². The summed E-state index contributed by atoms with van der Waals surface area (Å²) in [6.07, 6.45) is 0. The van der Waals surface area contributed by atoms with Crippen molar-refractivity contribution in [3.05, 3.63) is 0 Å². The van der Waals surface area contributed by atoms with Crippen molar-refractivity contribution < 1.29 is 142 Å². The molecule has 0 saturated heterocycles. The van der Waals surface area contributed by atoms with Crippen LogP contribution >= 0.6 is 0 Å². The largest absolute Gasteiger partial charge is 1.00 e. The average molecular weight is 370 g/mol. The monoisotopic (exact) mass is 370 g/mol. The van der Waals surface area contributed by atoms with E-state index < -0.39 is 10.4 Å². The number of rotatable bonds is 0. The molecule has 120 valence electrons. The molecule has 0 heterocycles. The van der Waals surface area contributed by atoms with Gasteiger partial charge in [-0.3, -0.25) is 9.11 Å². The number of hydrogen-bond acceptors (Lipinski definition) is 2. The first-order valence-electron chi connectivity index (χ1n) is 0.698. The van der Waals surface area contributed by atoms with Crippen LogP contribution in [0.4, 0.5) is 0 Å². The molecule has 0 spiro atoms. The Balaban J connectivity index is -0.00000000103. The molecule has 0 unspecified atom stereocenters. The van der Waals surface area contributed by atoms with Crippen LogP contribution in [-0.2, 0) is 27.8 Å². The molecular formula is H23CrKO14S. The fraction of sp³-hybridized carbons (Fsp3) is 0. The van der Waals surface area contributed by atoms with Gasteiger partial charge in [-0.05, 0) is 0 Å². The third kappa shape index (κ3) is 1610. The molecule has 0 bridgehead atoms. The quantitative estimate of drug-likeness (QED) is 0.309. The van der Waals surface area contributed by atoms with Gasteiger partial charge in [0.1, 0.15) is 0 Å². The van der Waals surface area contributed by atoms with Gasteiger partial charge in [-0.15, -0.1) is 0 Å². The van der Waals surface area contributed by atoms with Crippen LogP contribution in [0.5, 0.6) is 0 Å². The molecule has 0 aliphatic rings. The predicted molar refractivity (Wildman–Crippen MR) is 51.4 cm³/mol. The average Bonchev–Trinajstić information content (AvgIpc) is 0.722. The van der Waals surface area contributed by atoms with E-state index >= 15 is 0 Å². The van der Waals surface area contributed by atoms with Gasteiger partial charge in [-0.25, -0.2) is 0 Å². The molecule has 22 N–H and O–H groups in total. The summed E-state index contributed by atoms with van der Waals surface area (Å²) in [6, 6.07) is 0. The molecule has 0 aromatic rings. The van der Waals surface area contributed by atoms with Crippen molar-refractivity contribution in [1.82, 2.24) is 0 Å². The topological polar surface area (TPSA) is 390 Å². The Morgan fingerprint density at radius 3 is 0.588 bits per heavy atom. The van der Waals surface area contributed by atoms with Crippen molar-refractivity contribution in [2.24, 2.45) is 0 Å². The van der Waals surface area contributed by atoms with Gasteiger partial charge in [0, 0.05) is 17.4 Å². The van der Waals surface area contributed by atoms with Crippen LogP contribution in [-0.4, -0.2) is 72.3 Å². The molecule has 0 rings (SSSR count). The van der Waals surface area contributed by atoms with Gasteiger partial charge in [-0.2, -0.15) is 8.42 Å². The van der Waals surface area contributed by atoms with E-state index in [0.29, 0.717) is 0 Å². The SMILES string of the molecule is O.O.O.O.O.O.O.O.O.O.O=S(=O)(O)O.[Cr].[H-].[K+]. The maximum absolute atomic E-state index is 8.74. The van der Waals surface area contributed by atoms with Crippen molar-refractivity contribution in [2.45, 2.75) is 0 Å². The molecule has 0 aromatic carbocycles. The van der Waals surface area contributed by atoms with Crippen LogP contribution in [0.1, 0.15) is 1.43 Å². The summed E-state index contributed by atoms with van der Waals surface area (Å²) in [4.78, 5) is 0. The summed E-state index contributed by atoms with van der Waals surface area (Å²) < 4.78 is 31.6. The smallest absolute Gasteiger partial charge is 1.00 e. The molecule has 0 atom stereocenters. The predicted octanol–water partition coefficient (Wildman–Crippen LogP) is -11.8. The van der Waals surface area contributed by atoms with E-state index in [0.717, 1.165) is 0 Å². The zero-order chi connectivity index (χ0) is 4.50. The first-order valence-corrected chi connectivity index (χ1v) is 2.10. The molecule has 14 nitrogen and oxygen atoms in total. The van der Waals surface area contributed by atoms with Crippen LogP contribution in [0.2, 0.25) is 0 Å². The molecule has 0 amide bonds. The van der Waals surface area contributed by atoms with Gasteiger partial charge >= 0.3 is 61.8 Å². The second-order valence-corrected chi connectivity index (χ2v) is 1.34. The van der Waals surface area contributed by atoms with Gasteiger partial charge in [0.25, 0.3) is 0 Å². The minimum Gasteiger partial charge on any atom is -1.00 e. The summed E-state index contributed by atoms with van der Waals surface area (Å²) in [7, 11) is -4.67. The molecule has 0 radical (unpaired) electrons. The fourth-order valence-corrected chi connectivity index (χ4v) is 0. The van der Waals surface area contributed by atoms with E-state index in [2.05, 4.69) is 0 Å². The summed E-state index contributed by atoms with van der Waals surface area (Å²) in [5.74, 6) is 0. The van der Waals surface area contributed by atoms with Crippen molar-refractivity contribution in [1.29, 1.82) is 0 Å². The van der Waals surface area contributed by atoms with Crippen LogP contribution in [0.15, 0.2) is 0 Å². The Morgan fingerprint density at radius 2 is 0.588 bits per heavy atom. The van der Waals surface area contributed by atoms with Crippen LogP contribution in [0.25, 0.3) is 0 Å². The Bertz CT molecular complexity index is 105. The van der Waals surface area contributed by atoms with E-state index in [1.807, 2.05) is 0 Å². The first kappa shape index (κ1) is 182. The second kappa shape index (κ2) is 83.7. The fourth-order valence-electron chi connectivity index (χ4n) is 0. The summed E-state index contributed by atoms with van der Waals surface area (Å²) in [5, 5.41) is 0. The number of hydrogen-bond donors (Lipinski definition) is 2. The molecule has 0 fully saturated rings. The summed E-state index contributed by atoms with van der Waals surface area (Å²) in [6.45, 7) is 0. The molecule has 17 heteroatoms. The zero-order valence-electron chi connectivity index (χ0n) is 9.53. The molecule has 0 aliphatic heterocycles. The van der Waals surface area contributed by atoms with Gasteiger partial charge < -0.3 is 56.2 Å². The van der Waals surface area contributed by atoms with Gasteiger partial charge in [0.2, 0.25) is 0 Å². The normalized spacial score (nSPS) is 3.41. The summed E-state index contributed by atoms with van der Waals surface area (Å²) >= 11 is 0. The van der Waals surface area contributed by atoms with E-state index in [-0.39, 0.29) is 125 Å². The van der Waals surface area contributed by atoms with Crippen LogP contribution < -0.4 is 51.4 Å². The molecule has 0 saturated carbocycles. The van der Waals surface area contributed by atoms with Crippen LogP contribution in [0, 0.1) is 0 Å². The zero-order valence-corrected chi connectivity index (χ0v) is 13.7. The van der Waals surface area contributed by atoms with Crippen molar-refractivity contribution in [3.63, 3.8) is 0 Å². The Morgan fingerprint density at radius 1 is 0.588 bits per heavy atom. The Hall–Kier alpha value is 1.64. The van der Waals surface area contributed by atoms with Crippen LogP contribution in [0.3, 0.4) is 0 Å². The molecular weight excluding hydrogens is 347 g/mol. The maximum Gasteiger partial charge on any atom is 1.00 e. The Kier molecular flexibility index (Phi) is 898. The van der Waals surface area contributed by atoms with Crippen molar-refractivity contribution in [3.8, 4) is 0 Å². The molecule has 0 aromatic heterocycles. The maximum atomic E-state index is 8.74. The van der Waals surface area contributed by atoms with Gasteiger partial charge in [-0.1, -0.05) is 0 Å². The minimum atomic E-state index is -4.67. The first-order chi connectivity index (χ1) is 2.00. The third-order valence-electron chi connectivity index (χ3n) is 0. The molecule has 17 heavy (non-hydrogen) atoms. The summed E-state index contributed by atoms with van der Waals surface area (Å²) in [5.41, 5.74) is 0. The van der Waals surface area contributed by atoms with E-state index in [1.54, 1.807) is 0 Å². The van der Waals surface area contributed by atoms with Gasteiger partial charge in [0.15, 0.2) is 0 Å². The van der Waals surface area contributed by atoms with E-state index in [1.165, 1.54) is 0 Å². The van der Waals surface area contributed by atoms with Crippen molar-refractivity contribution in [2.75, 3.05) is 0 Å².